The summed E-state index contributed by atoms with van der Waals surface area (Å²) in [5.74, 6) is -5.54. The normalized spacial score (nSPS) is 12.0. The Balaban J connectivity index is 5.74. The van der Waals surface area contributed by atoms with Crippen LogP contribution in [0.2, 0.25) is 0 Å². The fraction of sp³-hybridized carbons (Fsp3) is 0.846. The summed E-state index contributed by atoms with van der Waals surface area (Å²) >= 11 is 0. The van der Waals surface area contributed by atoms with Crippen LogP contribution in [0.4, 0.5) is 0 Å². The summed E-state index contributed by atoms with van der Waals surface area (Å²) < 4.78 is 21.0. The highest BCUT2D eigenvalue weighted by Gasteiger charge is 2.32. The predicted octanol–water partition coefficient (Wildman–Crippen LogP) is 15.2. The molecule has 14 heteroatoms. The van der Waals surface area contributed by atoms with E-state index in [1.165, 1.54) is 77.0 Å². The zero-order valence-electron chi connectivity index (χ0n) is 41.9. The van der Waals surface area contributed by atoms with E-state index >= 15 is 0 Å². The quantitative estimate of drug-likeness (QED) is 0.0112. The maximum atomic E-state index is 13.5. The molecule has 0 spiro atoms. The third-order valence-electron chi connectivity index (χ3n) is 11.4. The predicted molar refractivity (Wildman–Crippen MR) is 271 cm³/mol. The van der Waals surface area contributed by atoms with Gasteiger partial charge in [0.1, 0.15) is 10.5 Å². The van der Waals surface area contributed by atoms with E-state index in [0.717, 1.165) is 124 Å². The first kappa shape index (κ1) is 63.3. The number of ether oxygens (including phenoxy) is 4. The number of unbranched alkanes of at least 4 members (excludes halogenated alkanes) is 28. The van der Waals surface area contributed by atoms with Crippen LogP contribution in [0.15, 0.2) is 0 Å². The molecular formula is C52H92N2O10S2. The van der Waals surface area contributed by atoms with Gasteiger partial charge in [-0.1, -0.05) is 229 Å². The summed E-state index contributed by atoms with van der Waals surface area (Å²) in [5.41, 5.74) is 0. The fourth-order valence-corrected chi connectivity index (χ4v) is 9.96. The second kappa shape index (κ2) is 46.0. The molecule has 0 radical (unpaired) electrons. The number of esters is 6. The summed E-state index contributed by atoms with van der Waals surface area (Å²) in [6, 6.07) is 0. The van der Waals surface area contributed by atoms with Gasteiger partial charge in [0.05, 0.1) is 0 Å². The van der Waals surface area contributed by atoms with Gasteiger partial charge in [-0.25, -0.2) is 0 Å². The highest BCUT2D eigenvalue weighted by molar-refractivity contribution is 8.77. The van der Waals surface area contributed by atoms with Crippen molar-refractivity contribution >= 4 is 69.2 Å². The number of carbonyl (C=O) groups excluding carboxylic acids is 6. The summed E-state index contributed by atoms with van der Waals surface area (Å²) in [5, 5.41) is 14.4. The van der Waals surface area contributed by atoms with Crippen molar-refractivity contribution in [2.45, 2.75) is 282 Å². The molecule has 0 bridgehead atoms. The van der Waals surface area contributed by atoms with Gasteiger partial charge in [-0.05, 0) is 25.7 Å². The lowest BCUT2D eigenvalue weighted by atomic mass is 10.1. The Labute approximate surface area is 408 Å². The molecule has 0 saturated heterocycles. The van der Waals surface area contributed by atoms with E-state index in [0.29, 0.717) is 25.7 Å². The minimum absolute atomic E-state index is 0.0354. The third kappa shape index (κ3) is 40.3. The number of hydrogen-bond donors (Lipinski definition) is 2. The lowest BCUT2D eigenvalue weighted by molar-refractivity contribution is -0.161. The SMILES string of the molecule is CCCCCCCCCCC(=O)OC(=N)CC(SSC(CC(=N)OC(=O)CCCCCCCCCC)C(=O)OC(=O)CCCCCCCCCC)C(=O)OC(=O)CCCCCCCCCC. The van der Waals surface area contributed by atoms with E-state index in [1.807, 2.05) is 0 Å². The smallest absolute Gasteiger partial charge is 0.328 e. The standard InChI is InChI=1S/C52H92N2O10S2/c1-5-9-13-17-21-25-29-33-37-47(55)61-45(53)41-43(51(59)63-49(57)39-35-31-27-23-19-15-11-7-3)65-66-44(52(60)64-50(58)40-36-32-28-24-20-16-12-8-4)42-46(54)62-48(56)38-34-30-26-22-18-14-10-6-2/h43-44,53-54H,5-42H2,1-4H3. The lowest BCUT2D eigenvalue weighted by Gasteiger charge is -2.19. The van der Waals surface area contributed by atoms with Gasteiger partial charge in [0.2, 0.25) is 0 Å². The van der Waals surface area contributed by atoms with E-state index in [1.54, 1.807) is 0 Å². The van der Waals surface area contributed by atoms with Crippen molar-refractivity contribution in [3.05, 3.63) is 0 Å². The van der Waals surface area contributed by atoms with Gasteiger partial charge in [-0.3, -0.25) is 39.6 Å². The molecule has 0 aromatic heterocycles. The topological polar surface area (TPSA) is 187 Å². The van der Waals surface area contributed by atoms with Gasteiger partial charge in [-0.15, -0.1) is 0 Å². The minimum atomic E-state index is -1.28. The molecule has 0 aromatic carbocycles. The molecule has 0 aromatic rings. The molecule has 0 aliphatic rings. The lowest BCUT2D eigenvalue weighted by Crippen LogP contribution is -2.29. The van der Waals surface area contributed by atoms with Gasteiger partial charge in [0.25, 0.3) is 0 Å². The van der Waals surface area contributed by atoms with Crippen molar-refractivity contribution in [1.29, 1.82) is 10.8 Å². The van der Waals surface area contributed by atoms with Crippen LogP contribution in [0.1, 0.15) is 272 Å². The Bertz CT molecular complexity index is 1230. The summed E-state index contributed by atoms with van der Waals surface area (Å²) in [6.07, 6.45) is 32.4. The molecule has 382 valence electrons. The molecule has 0 aliphatic carbocycles. The van der Waals surface area contributed by atoms with Crippen molar-refractivity contribution in [2.75, 3.05) is 0 Å². The zero-order chi connectivity index (χ0) is 48.9. The van der Waals surface area contributed by atoms with E-state index in [-0.39, 0.29) is 25.7 Å². The first-order valence-corrected chi connectivity index (χ1v) is 28.6. The molecular weight excluding hydrogens is 877 g/mol. The van der Waals surface area contributed by atoms with Gasteiger partial charge in [0, 0.05) is 38.5 Å². The van der Waals surface area contributed by atoms with Crippen LogP contribution in [-0.4, -0.2) is 58.1 Å². The van der Waals surface area contributed by atoms with Crippen LogP contribution in [0.5, 0.6) is 0 Å². The first-order chi connectivity index (χ1) is 32.0. The van der Waals surface area contributed by atoms with Crippen LogP contribution in [0, 0.1) is 10.8 Å². The summed E-state index contributed by atoms with van der Waals surface area (Å²) in [4.78, 5) is 78.1. The monoisotopic (exact) mass is 969 g/mol. The summed E-state index contributed by atoms with van der Waals surface area (Å²) in [6.45, 7) is 8.69. The Hall–Kier alpha value is -2.74. The molecule has 66 heavy (non-hydrogen) atoms. The van der Waals surface area contributed by atoms with E-state index in [4.69, 9.17) is 29.8 Å². The molecule has 0 heterocycles. The fourth-order valence-electron chi connectivity index (χ4n) is 7.32. The third-order valence-corrected chi connectivity index (χ3v) is 14.4. The van der Waals surface area contributed by atoms with Crippen molar-refractivity contribution in [1.82, 2.24) is 0 Å². The van der Waals surface area contributed by atoms with Crippen molar-refractivity contribution in [2.24, 2.45) is 0 Å². The molecule has 2 unspecified atom stereocenters. The summed E-state index contributed by atoms with van der Waals surface area (Å²) in [7, 11) is 1.58. The van der Waals surface area contributed by atoms with Crippen molar-refractivity contribution in [3.8, 4) is 0 Å². The van der Waals surface area contributed by atoms with E-state index in [9.17, 15) is 28.8 Å². The van der Waals surface area contributed by atoms with Gasteiger partial charge in [-0.2, -0.15) is 0 Å². The van der Waals surface area contributed by atoms with Crippen molar-refractivity contribution < 1.29 is 47.7 Å². The minimum Gasteiger partial charge on any atom is -0.412 e. The maximum absolute atomic E-state index is 13.5. The van der Waals surface area contributed by atoms with Crippen molar-refractivity contribution in [3.63, 3.8) is 0 Å². The molecule has 0 fully saturated rings. The van der Waals surface area contributed by atoms with Crippen LogP contribution in [0.25, 0.3) is 0 Å². The highest BCUT2D eigenvalue weighted by Crippen LogP contribution is 2.36. The average Bonchev–Trinajstić information content (AvgIpc) is 3.28. The van der Waals surface area contributed by atoms with E-state index < -0.39 is 71.0 Å². The Morgan fingerprint density at radius 3 is 0.742 bits per heavy atom. The van der Waals surface area contributed by atoms with Crippen LogP contribution in [-0.2, 0) is 47.7 Å². The maximum Gasteiger partial charge on any atom is 0.328 e. The van der Waals surface area contributed by atoms with Gasteiger partial charge >= 0.3 is 35.8 Å². The Kier molecular flexibility index (Phi) is 44.1. The highest BCUT2D eigenvalue weighted by atomic mass is 33.1. The Morgan fingerprint density at radius 1 is 0.318 bits per heavy atom. The molecule has 0 aliphatic heterocycles. The largest absolute Gasteiger partial charge is 0.412 e. The van der Waals surface area contributed by atoms with Crippen LogP contribution < -0.4 is 0 Å². The van der Waals surface area contributed by atoms with Gasteiger partial charge in [0.15, 0.2) is 11.8 Å². The van der Waals surface area contributed by atoms with Crippen LogP contribution in [0.3, 0.4) is 0 Å². The average molecular weight is 969 g/mol. The first-order valence-electron chi connectivity index (χ1n) is 26.3. The molecule has 2 N–H and O–H groups in total. The second-order valence-electron chi connectivity index (χ2n) is 17.9. The number of rotatable bonds is 45. The molecule has 0 amide bonds. The number of nitrogens with one attached hydrogen (secondary N) is 2. The van der Waals surface area contributed by atoms with Crippen LogP contribution >= 0.6 is 21.6 Å². The molecule has 12 nitrogen and oxygen atoms in total. The number of hydrogen-bond acceptors (Lipinski definition) is 14. The van der Waals surface area contributed by atoms with E-state index in [2.05, 4.69) is 27.7 Å². The second-order valence-corrected chi connectivity index (χ2v) is 20.5. The Morgan fingerprint density at radius 2 is 0.515 bits per heavy atom. The zero-order valence-corrected chi connectivity index (χ0v) is 43.6. The van der Waals surface area contributed by atoms with Gasteiger partial charge < -0.3 is 18.9 Å². The molecule has 2 atom stereocenters. The molecule has 0 rings (SSSR count). The number of carbonyl (C=O) groups is 6. The molecule has 0 saturated carbocycles.